The maximum atomic E-state index is 11.8. The lowest BCUT2D eigenvalue weighted by atomic mass is 10.1. The zero-order valence-corrected chi connectivity index (χ0v) is 12.0. The summed E-state index contributed by atoms with van der Waals surface area (Å²) in [6, 6.07) is 8.17. The zero-order valence-electron chi connectivity index (χ0n) is 12.0. The van der Waals surface area contributed by atoms with Crippen molar-refractivity contribution >= 4 is 12.0 Å². The van der Waals surface area contributed by atoms with Crippen molar-refractivity contribution in [3.05, 3.63) is 41.5 Å². The van der Waals surface area contributed by atoms with Gasteiger partial charge in [-0.3, -0.25) is 4.79 Å². The Morgan fingerprint density at radius 2 is 2.00 bits per heavy atom. The Morgan fingerprint density at radius 3 is 2.53 bits per heavy atom. The molecule has 3 nitrogen and oxygen atoms in total. The Kier molecular flexibility index (Phi) is 6.30. The summed E-state index contributed by atoms with van der Waals surface area (Å²) in [6.07, 6.45) is 4.64. The minimum absolute atomic E-state index is 0.0415. The van der Waals surface area contributed by atoms with E-state index in [4.69, 9.17) is 0 Å². The average molecular weight is 261 g/mol. The first-order valence-corrected chi connectivity index (χ1v) is 6.73. The van der Waals surface area contributed by atoms with Crippen LogP contribution in [0.25, 0.3) is 6.08 Å². The van der Waals surface area contributed by atoms with Gasteiger partial charge in [0.05, 0.1) is 6.10 Å². The molecule has 0 bridgehead atoms. The highest BCUT2D eigenvalue weighted by Gasteiger charge is 2.05. The molecule has 1 atom stereocenters. The van der Waals surface area contributed by atoms with Gasteiger partial charge in [-0.25, -0.2) is 0 Å². The van der Waals surface area contributed by atoms with Gasteiger partial charge in [-0.05, 0) is 37.0 Å². The number of aliphatic hydroxyl groups is 1. The predicted molar refractivity (Wildman–Crippen MR) is 78.8 cm³/mol. The lowest BCUT2D eigenvalue weighted by molar-refractivity contribution is -0.124. The van der Waals surface area contributed by atoms with E-state index < -0.39 is 0 Å². The first-order valence-electron chi connectivity index (χ1n) is 6.73. The molecular formula is C16H23NO2. The molecule has 0 spiro atoms. The molecule has 1 unspecified atom stereocenters. The van der Waals surface area contributed by atoms with Gasteiger partial charge in [-0.2, -0.15) is 0 Å². The van der Waals surface area contributed by atoms with Crippen molar-refractivity contribution in [2.75, 3.05) is 13.6 Å². The van der Waals surface area contributed by atoms with Crippen molar-refractivity contribution in [2.24, 2.45) is 0 Å². The highest BCUT2D eigenvalue weighted by atomic mass is 16.3. The van der Waals surface area contributed by atoms with Crippen molar-refractivity contribution in [3.63, 3.8) is 0 Å². The maximum Gasteiger partial charge on any atom is 0.246 e. The third-order valence-electron chi connectivity index (χ3n) is 3.06. The highest BCUT2D eigenvalue weighted by Crippen LogP contribution is 2.07. The summed E-state index contributed by atoms with van der Waals surface area (Å²) in [5.41, 5.74) is 2.31. The zero-order chi connectivity index (χ0) is 14.3. The topological polar surface area (TPSA) is 40.5 Å². The summed E-state index contributed by atoms with van der Waals surface area (Å²) in [5, 5.41) is 9.18. The molecule has 0 saturated carbocycles. The molecule has 1 rings (SSSR count). The molecule has 3 heteroatoms. The number of amides is 1. The highest BCUT2D eigenvalue weighted by molar-refractivity contribution is 5.91. The van der Waals surface area contributed by atoms with Crippen LogP contribution in [0.3, 0.4) is 0 Å². The molecule has 1 amide bonds. The van der Waals surface area contributed by atoms with Crippen molar-refractivity contribution in [1.29, 1.82) is 0 Å². The number of hydrogen-bond acceptors (Lipinski definition) is 2. The van der Waals surface area contributed by atoms with E-state index in [0.717, 1.165) is 12.0 Å². The molecule has 1 aromatic carbocycles. The number of likely N-dealkylation sites (N-methyl/N-ethyl adjacent to an activating group) is 1. The summed E-state index contributed by atoms with van der Waals surface area (Å²) in [4.78, 5) is 13.4. The van der Waals surface area contributed by atoms with Crippen LogP contribution >= 0.6 is 0 Å². The Bertz CT molecular complexity index is 421. The van der Waals surface area contributed by atoms with Crippen LogP contribution in [0.1, 0.15) is 31.4 Å². The van der Waals surface area contributed by atoms with Crippen molar-refractivity contribution in [3.8, 4) is 0 Å². The number of aryl methyl sites for hydroxylation is 1. The van der Waals surface area contributed by atoms with Crippen molar-refractivity contribution < 1.29 is 9.90 Å². The Hall–Kier alpha value is -1.61. The molecule has 1 aromatic rings. The molecule has 0 heterocycles. The van der Waals surface area contributed by atoms with Gasteiger partial charge in [0.15, 0.2) is 0 Å². The second-order valence-electron chi connectivity index (χ2n) is 4.83. The summed E-state index contributed by atoms with van der Waals surface area (Å²) < 4.78 is 0. The third-order valence-corrected chi connectivity index (χ3v) is 3.06. The third kappa shape index (κ3) is 5.71. The van der Waals surface area contributed by atoms with Crippen LogP contribution in [-0.4, -0.2) is 35.6 Å². The molecule has 0 aliphatic carbocycles. The fraction of sp³-hybridized carbons (Fsp3) is 0.438. The molecule has 104 valence electrons. The normalized spacial score (nSPS) is 12.6. The van der Waals surface area contributed by atoms with Gasteiger partial charge in [0.2, 0.25) is 5.91 Å². The van der Waals surface area contributed by atoms with Gasteiger partial charge in [-0.15, -0.1) is 0 Å². The van der Waals surface area contributed by atoms with Crippen LogP contribution < -0.4 is 0 Å². The number of nitrogens with zero attached hydrogens (tertiary/aromatic N) is 1. The van der Waals surface area contributed by atoms with E-state index in [1.807, 2.05) is 18.2 Å². The average Bonchev–Trinajstić information content (AvgIpc) is 2.42. The maximum absolute atomic E-state index is 11.8. The van der Waals surface area contributed by atoms with E-state index in [-0.39, 0.29) is 12.0 Å². The fourth-order valence-corrected chi connectivity index (χ4v) is 1.65. The monoisotopic (exact) mass is 261 g/mol. The van der Waals surface area contributed by atoms with Gasteiger partial charge in [0, 0.05) is 19.7 Å². The first-order chi connectivity index (χ1) is 9.02. The summed E-state index contributed by atoms with van der Waals surface area (Å²) in [6.45, 7) is 4.41. The number of benzene rings is 1. The molecule has 0 radical (unpaired) electrons. The summed E-state index contributed by atoms with van der Waals surface area (Å²) in [7, 11) is 1.75. The quantitative estimate of drug-likeness (QED) is 0.799. The summed E-state index contributed by atoms with van der Waals surface area (Å²) >= 11 is 0. The molecule has 0 saturated heterocycles. The van der Waals surface area contributed by atoms with E-state index in [2.05, 4.69) is 19.1 Å². The SMILES string of the molecule is CCc1ccc(/C=C/C(=O)N(C)CCC(C)O)cc1. The van der Waals surface area contributed by atoms with Gasteiger partial charge < -0.3 is 10.0 Å². The van der Waals surface area contributed by atoms with Crippen LogP contribution in [0.15, 0.2) is 30.3 Å². The van der Waals surface area contributed by atoms with Gasteiger partial charge in [-0.1, -0.05) is 31.2 Å². The van der Waals surface area contributed by atoms with E-state index in [1.165, 1.54) is 5.56 Å². The number of aliphatic hydroxyl groups excluding tert-OH is 1. The smallest absolute Gasteiger partial charge is 0.246 e. The Morgan fingerprint density at radius 1 is 1.37 bits per heavy atom. The van der Waals surface area contributed by atoms with Crippen LogP contribution in [-0.2, 0) is 11.2 Å². The second kappa shape index (κ2) is 7.74. The van der Waals surface area contributed by atoms with Crippen molar-refractivity contribution in [1.82, 2.24) is 4.90 Å². The van der Waals surface area contributed by atoms with E-state index in [0.29, 0.717) is 13.0 Å². The number of hydrogen-bond donors (Lipinski definition) is 1. The minimum Gasteiger partial charge on any atom is -0.393 e. The predicted octanol–water partition coefficient (Wildman–Crippen LogP) is 2.49. The van der Waals surface area contributed by atoms with Crippen LogP contribution in [0.4, 0.5) is 0 Å². The minimum atomic E-state index is -0.374. The Labute approximate surface area is 115 Å². The molecule has 0 fully saturated rings. The largest absolute Gasteiger partial charge is 0.393 e. The lowest BCUT2D eigenvalue weighted by Gasteiger charge is -2.15. The van der Waals surface area contributed by atoms with Crippen LogP contribution in [0.5, 0.6) is 0 Å². The molecule has 1 N–H and O–H groups in total. The number of carbonyl (C=O) groups excluding carboxylic acids is 1. The van der Waals surface area contributed by atoms with Gasteiger partial charge in [0.25, 0.3) is 0 Å². The van der Waals surface area contributed by atoms with E-state index in [9.17, 15) is 9.90 Å². The molecule has 0 aliphatic heterocycles. The Balaban J connectivity index is 2.52. The van der Waals surface area contributed by atoms with Gasteiger partial charge in [0.1, 0.15) is 0 Å². The summed E-state index contributed by atoms with van der Waals surface area (Å²) in [5.74, 6) is -0.0415. The first kappa shape index (κ1) is 15.4. The number of carbonyl (C=O) groups is 1. The molecule has 19 heavy (non-hydrogen) atoms. The fourth-order valence-electron chi connectivity index (χ4n) is 1.65. The lowest BCUT2D eigenvalue weighted by Crippen LogP contribution is -2.27. The van der Waals surface area contributed by atoms with E-state index >= 15 is 0 Å². The van der Waals surface area contributed by atoms with Crippen LogP contribution in [0.2, 0.25) is 0 Å². The standard InChI is InChI=1S/C16H23NO2/c1-4-14-5-7-15(8-6-14)9-10-16(19)17(3)12-11-13(2)18/h5-10,13,18H,4,11-12H2,1-3H3/b10-9+. The van der Waals surface area contributed by atoms with Gasteiger partial charge >= 0.3 is 0 Å². The van der Waals surface area contributed by atoms with E-state index in [1.54, 1.807) is 24.9 Å². The molecule has 0 aliphatic rings. The molecule has 0 aromatic heterocycles. The van der Waals surface area contributed by atoms with Crippen molar-refractivity contribution in [2.45, 2.75) is 32.8 Å². The number of rotatable bonds is 6. The van der Waals surface area contributed by atoms with Crippen LogP contribution in [0, 0.1) is 0 Å². The second-order valence-corrected chi connectivity index (χ2v) is 4.83. The molecular weight excluding hydrogens is 238 g/mol.